The van der Waals surface area contributed by atoms with Crippen molar-refractivity contribution in [3.8, 4) is 17.2 Å². The second-order valence-corrected chi connectivity index (χ2v) is 7.36. The van der Waals surface area contributed by atoms with Gasteiger partial charge in [0.25, 0.3) is 5.91 Å². The summed E-state index contributed by atoms with van der Waals surface area (Å²) >= 11 is 1.46. The summed E-state index contributed by atoms with van der Waals surface area (Å²) in [7, 11) is 0. The highest BCUT2D eigenvalue weighted by Crippen LogP contribution is 2.30. The first-order chi connectivity index (χ1) is 13.7. The van der Waals surface area contributed by atoms with E-state index in [1.54, 1.807) is 12.1 Å². The zero-order valence-corrected chi connectivity index (χ0v) is 16.1. The molecule has 0 spiro atoms. The minimum Gasteiger partial charge on any atom is -0.298 e. The molecule has 0 aliphatic rings. The predicted octanol–water partition coefficient (Wildman–Crippen LogP) is 5.65. The molecule has 3 aromatic carbocycles. The first kappa shape index (κ1) is 17.9. The Hall–Kier alpha value is -3.49. The summed E-state index contributed by atoms with van der Waals surface area (Å²) < 4.78 is 1.05. The van der Waals surface area contributed by atoms with Crippen LogP contribution in [0.5, 0.6) is 0 Å². The number of fused-ring (bicyclic) bond motifs is 1. The minimum absolute atomic E-state index is 0.238. The van der Waals surface area contributed by atoms with Gasteiger partial charge < -0.3 is 0 Å². The van der Waals surface area contributed by atoms with Crippen molar-refractivity contribution in [2.75, 3.05) is 5.32 Å². The molecule has 4 rings (SSSR count). The van der Waals surface area contributed by atoms with Crippen molar-refractivity contribution in [1.29, 1.82) is 5.26 Å². The fourth-order valence-electron chi connectivity index (χ4n) is 3.14. The van der Waals surface area contributed by atoms with E-state index in [1.165, 1.54) is 16.9 Å². The van der Waals surface area contributed by atoms with Crippen molar-refractivity contribution in [2.45, 2.75) is 13.3 Å². The Morgan fingerprint density at radius 1 is 1.07 bits per heavy atom. The van der Waals surface area contributed by atoms with Crippen molar-refractivity contribution in [1.82, 2.24) is 4.98 Å². The van der Waals surface area contributed by atoms with Crippen LogP contribution in [0.1, 0.15) is 28.4 Å². The van der Waals surface area contributed by atoms with Crippen LogP contribution >= 0.6 is 11.3 Å². The van der Waals surface area contributed by atoms with Crippen molar-refractivity contribution in [3.05, 3.63) is 83.4 Å². The Kier molecular flexibility index (Phi) is 4.88. The average Bonchev–Trinajstić information content (AvgIpc) is 3.14. The number of aryl methyl sites for hydroxylation is 1. The van der Waals surface area contributed by atoms with E-state index in [0.717, 1.165) is 27.8 Å². The van der Waals surface area contributed by atoms with Gasteiger partial charge in [-0.1, -0.05) is 60.7 Å². The van der Waals surface area contributed by atoms with Crippen LogP contribution < -0.4 is 5.32 Å². The number of nitrogens with zero attached hydrogens (tertiary/aromatic N) is 2. The number of rotatable bonds is 4. The maximum Gasteiger partial charge on any atom is 0.258 e. The smallest absolute Gasteiger partial charge is 0.258 e. The summed E-state index contributed by atoms with van der Waals surface area (Å²) in [5.41, 5.74) is 4.64. The highest BCUT2D eigenvalue weighted by molar-refractivity contribution is 7.22. The maximum absolute atomic E-state index is 13.0. The molecule has 0 radical (unpaired) electrons. The highest BCUT2D eigenvalue weighted by atomic mass is 32.1. The zero-order chi connectivity index (χ0) is 19.5. The molecular formula is C23H17N3OS. The van der Waals surface area contributed by atoms with Crippen LogP contribution in [0.3, 0.4) is 0 Å². The number of carbonyl (C=O) groups is 1. The molecule has 0 aliphatic carbocycles. The molecule has 1 aromatic heterocycles. The van der Waals surface area contributed by atoms with E-state index in [4.69, 9.17) is 0 Å². The summed E-state index contributed by atoms with van der Waals surface area (Å²) in [6.07, 6.45) is 0.960. The molecule has 1 heterocycles. The molecule has 4 nitrogen and oxygen atoms in total. The third-order valence-electron chi connectivity index (χ3n) is 4.59. The Bertz CT molecular complexity index is 1220. The molecular weight excluding hydrogens is 366 g/mol. The van der Waals surface area contributed by atoms with E-state index in [0.29, 0.717) is 16.3 Å². The summed E-state index contributed by atoms with van der Waals surface area (Å²) in [5.74, 6) is -0.238. The van der Waals surface area contributed by atoms with Gasteiger partial charge in [0.1, 0.15) is 0 Å². The fraction of sp³-hybridized carbons (Fsp3) is 0.0870. The van der Waals surface area contributed by atoms with Crippen molar-refractivity contribution < 1.29 is 4.79 Å². The van der Waals surface area contributed by atoms with E-state index < -0.39 is 0 Å². The third-order valence-corrected chi connectivity index (χ3v) is 5.52. The van der Waals surface area contributed by atoms with Crippen molar-refractivity contribution in [3.63, 3.8) is 0 Å². The topological polar surface area (TPSA) is 65.8 Å². The first-order valence-corrected chi connectivity index (χ1v) is 9.80. The van der Waals surface area contributed by atoms with Gasteiger partial charge in [-0.15, -0.1) is 0 Å². The standard InChI is InChI=1S/C23H17N3OS/c1-2-15-11-12-20-21(13-15)28-23(25-20)26-22(27)19-10-6-5-9-18(19)17-8-4-3-7-16(17)14-24/h3-13H,2H2,1H3,(H,25,26,27). The monoisotopic (exact) mass is 383 g/mol. The predicted molar refractivity (Wildman–Crippen MR) is 114 cm³/mol. The maximum atomic E-state index is 13.0. The van der Waals surface area contributed by atoms with E-state index in [2.05, 4.69) is 35.4 Å². The summed E-state index contributed by atoms with van der Waals surface area (Å²) in [6.45, 7) is 2.11. The number of carbonyl (C=O) groups excluding carboxylic acids is 1. The molecule has 0 saturated heterocycles. The van der Waals surface area contributed by atoms with Crippen LogP contribution in [0.25, 0.3) is 21.3 Å². The van der Waals surface area contributed by atoms with Gasteiger partial charge in [0.05, 0.1) is 21.8 Å². The van der Waals surface area contributed by atoms with Gasteiger partial charge in [0.15, 0.2) is 5.13 Å². The second-order valence-electron chi connectivity index (χ2n) is 6.33. The normalized spacial score (nSPS) is 10.6. The number of thiazole rings is 1. The van der Waals surface area contributed by atoms with Gasteiger partial charge in [0.2, 0.25) is 0 Å². The molecule has 136 valence electrons. The van der Waals surface area contributed by atoms with Gasteiger partial charge in [-0.05, 0) is 41.8 Å². The number of aromatic nitrogens is 1. The molecule has 28 heavy (non-hydrogen) atoms. The van der Waals surface area contributed by atoms with E-state index in [1.807, 2.05) is 42.5 Å². The van der Waals surface area contributed by atoms with Crippen molar-refractivity contribution in [2.24, 2.45) is 0 Å². The van der Waals surface area contributed by atoms with Gasteiger partial charge in [0, 0.05) is 11.1 Å². The van der Waals surface area contributed by atoms with Gasteiger partial charge in [-0.3, -0.25) is 10.1 Å². The fourth-order valence-corrected chi connectivity index (χ4v) is 4.06. The Labute approximate surface area is 167 Å². The van der Waals surface area contributed by atoms with Gasteiger partial charge in [-0.25, -0.2) is 4.98 Å². The Balaban J connectivity index is 1.69. The molecule has 1 amide bonds. The number of hydrogen-bond acceptors (Lipinski definition) is 4. The van der Waals surface area contributed by atoms with Crippen LogP contribution in [-0.2, 0) is 6.42 Å². The van der Waals surface area contributed by atoms with E-state index >= 15 is 0 Å². The summed E-state index contributed by atoms with van der Waals surface area (Å²) in [6, 6.07) is 22.9. The minimum atomic E-state index is -0.238. The van der Waals surface area contributed by atoms with E-state index in [9.17, 15) is 10.1 Å². The third kappa shape index (κ3) is 3.38. The van der Waals surface area contributed by atoms with Crippen LogP contribution in [-0.4, -0.2) is 10.9 Å². The lowest BCUT2D eigenvalue weighted by molar-refractivity contribution is 0.102. The molecule has 4 aromatic rings. The lowest BCUT2D eigenvalue weighted by Gasteiger charge is -2.10. The molecule has 0 fully saturated rings. The number of benzene rings is 3. The molecule has 0 bridgehead atoms. The molecule has 5 heteroatoms. The number of anilines is 1. The SMILES string of the molecule is CCc1ccc2nc(NC(=O)c3ccccc3-c3ccccc3C#N)sc2c1. The van der Waals surface area contributed by atoms with Gasteiger partial charge >= 0.3 is 0 Å². The van der Waals surface area contributed by atoms with Crippen LogP contribution in [0.15, 0.2) is 66.7 Å². The zero-order valence-electron chi connectivity index (χ0n) is 15.3. The Morgan fingerprint density at radius 3 is 2.61 bits per heavy atom. The number of nitrogens with one attached hydrogen (secondary N) is 1. The molecule has 0 saturated carbocycles. The van der Waals surface area contributed by atoms with Crippen LogP contribution in [0.4, 0.5) is 5.13 Å². The first-order valence-electron chi connectivity index (χ1n) is 8.99. The molecule has 0 aliphatic heterocycles. The summed E-state index contributed by atoms with van der Waals surface area (Å²) in [4.78, 5) is 17.5. The van der Waals surface area contributed by atoms with Crippen molar-refractivity contribution >= 4 is 32.6 Å². The Morgan fingerprint density at radius 2 is 1.82 bits per heavy atom. The van der Waals surface area contributed by atoms with Crippen LogP contribution in [0.2, 0.25) is 0 Å². The van der Waals surface area contributed by atoms with Gasteiger partial charge in [-0.2, -0.15) is 5.26 Å². The largest absolute Gasteiger partial charge is 0.298 e. The molecule has 0 atom stereocenters. The quantitative estimate of drug-likeness (QED) is 0.495. The number of amides is 1. The lowest BCUT2D eigenvalue weighted by Crippen LogP contribution is -2.13. The lowest BCUT2D eigenvalue weighted by atomic mass is 9.95. The summed E-state index contributed by atoms with van der Waals surface area (Å²) in [5, 5.41) is 12.9. The van der Waals surface area contributed by atoms with Crippen LogP contribution in [0, 0.1) is 11.3 Å². The number of hydrogen-bond donors (Lipinski definition) is 1. The molecule has 1 N–H and O–H groups in total. The number of nitriles is 1. The molecule has 0 unspecified atom stereocenters. The van der Waals surface area contributed by atoms with E-state index in [-0.39, 0.29) is 5.91 Å². The second kappa shape index (κ2) is 7.63. The highest BCUT2D eigenvalue weighted by Gasteiger charge is 2.16. The average molecular weight is 383 g/mol.